The Labute approximate surface area is 65.6 Å². The van der Waals surface area contributed by atoms with Crippen LogP contribution >= 0.6 is 0 Å². The Morgan fingerprint density at radius 3 is 2.91 bits per heavy atom. The molecule has 56 valence electrons. The predicted octanol–water partition coefficient (Wildman–Crippen LogP) is 1.93. The number of rotatable bonds is 2. The average Bonchev–Trinajstić information content (AvgIpc) is 2.04. The smallest absolute Gasteiger partial charge is 0.161 e. The summed E-state index contributed by atoms with van der Waals surface area (Å²) in [6.07, 6.45) is 4.85. The highest BCUT2D eigenvalue weighted by atomic mass is 16.1. The quantitative estimate of drug-likeness (QED) is 0.598. The maximum absolute atomic E-state index is 10.9. The van der Waals surface area contributed by atoms with Crippen LogP contribution in [0.3, 0.4) is 0 Å². The van der Waals surface area contributed by atoms with Gasteiger partial charge in [0.25, 0.3) is 0 Å². The molecule has 0 unspecified atom stereocenters. The highest BCUT2D eigenvalue weighted by Gasteiger charge is 2.02. The number of pyridine rings is 1. The Balaban J connectivity index is 3.22. The van der Waals surface area contributed by atoms with Gasteiger partial charge >= 0.3 is 0 Å². The second-order valence-corrected chi connectivity index (χ2v) is 2.22. The van der Waals surface area contributed by atoms with E-state index in [4.69, 9.17) is 0 Å². The summed E-state index contributed by atoms with van der Waals surface area (Å²) in [6, 6.07) is 1.77. The van der Waals surface area contributed by atoms with Gasteiger partial charge in [0.1, 0.15) is 0 Å². The van der Waals surface area contributed by atoms with Crippen LogP contribution in [0.15, 0.2) is 25.0 Å². The number of carbonyl (C=O) groups excluding carboxylic acids is 1. The summed E-state index contributed by atoms with van der Waals surface area (Å²) in [5, 5.41) is 0. The van der Waals surface area contributed by atoms with E-state index in [1.807, 2.05) is 0 Å². The lowest BCUT2D eigenvalue weighted by atomic mass is 10.1. The Bertz CT molecular complexity index is 291. The lowest BCUT2D eigenvalue weighted by Gasteiger charge is -1.98. The second-order valence-electron chi connectivity index (χ2n) is 2.22. The molecule has 0 saturated carbocycles. The minimum absolute atomic E-state index is 0.0213. The number of hydrogen-bond acceptors (Lipinski definition) is 2. The van der Waals surface area contributed by atoms with E-state index in [0.717, 1.165) is 5.56 Å². The summed E-state index contributed by atoms with van der Waals surface area (Å²) in [4.78, 5) is 14.8. The Hall–Kier alpha value is -1.44. The Morgan fingerprint density at radius 1 is 1.73 bits per heavy atom. The molecule has 1 heterocycles. The molecule has 0 aliphatic heterocycles. The second kappa shape index (κ2) is 3.10. The third-order valence-corrected chi connectivity index (χ3v) is 1.45. The Morgan fingerprint density at radius 2 is 2.45 bits per heavy atom. The van der Waals surface area contributed by atoms with Crippen molar-refractivity contribution in [2.24, 2.45) is 0 Å². The van der Waals surface area contributed by atoms with Crippen molar-refractivity contribution in [3.8, 4) is 0 Å². The van der Waals surface area contributed by atoms with Crippen molar-refractivity contribution in [3.63, 3.8) is 0 Å². The van der Waals surface area contributed by atoms with Gasteiger partial charge in [-0.2, -0.15) is 0 Å². The van der Waals surface area contributed by atoms with E-state index in [1.165, 1.54) is 6.92 Å². The van der Waals surface area contributed by atoms with E-state index in [2.05, 4.69) is 11.6 Å². The predicted molar refractivity (Wildman–Crippen MR) is 44.3 cm³/mol. The van der Waals surface area contributed by atoms with Gasteiger partial charge in [-0.1, -0.05) is 12.7 Å². The van der Waals surface area contributed by atoms with Gasteiger partial charge in [0.05, 0.1) is 0 Å². The zero-order chi connectivity index (χ0) is 8.27. The van der Waals surface area contributed by atoms with Crippen LogP contribution in [-0.4, -0.2) is 10.8 Å². The van der Waals surface area contributed by atoms with Gasteiger partial charge in [-0.3, -0.25) is 9.78 Å². The molecule has 0 radical (unpaired) electrons. The van der Waals surface area contributed by atoms with E-state index in [9.17, 15) is 4.79 Å². The molecule has 0 amide bonds. The van der Waals surface area contributed by atoms with Crippen LogP contribution in [0.1, 0.15) is 22.8 Å². The molecule has 0 aliphatic carbocycles. The molecule has 1 aromatic rings. The maximum atomic E-state index is 10.9. The van der Waals surface area contributed by atoms with E-state index in [1.54, 1.807) is 24.5 Å². The van der Waals surface area contributed by atoms with Crippen molar-refractivity contribution in [3.05, 3.63) is 36.2 Å². The van der Waals surface area contributed by atoms with Crippen LogP contribution in [0.4, 0.5) is 0 Å². The number of nitrogens with zero attached hydrogens (tertiary/aromatic N) is 1. The first-order valence-electron chi connectivity index (χ1n) is 3.33. The zero-order valence-electron chi connectivity index (χ0n) is 6.37. The molecule has 0 fully saturated rings. The number of Topliss-reactive ketones (excluding diaryl/α,β-unsaturated/α-hetero) is 1. The molecule has 1 aromatic heterocycles. The van der Waals surface area contributed by atoms with Gasteiger partial charge in [0, 0.05) is 18.0 Å². The van der Waals surface area contributed by atoms with Crippen LogP contribution in [-0.2, 0) is 0 Å². The van der Waals surface area contributed by atoms with Crippen molar-refractivity contribution < 1.29 is 4.79 Å². The van der Waals surface area contributed by atoms with Crippen LogP contribution < -0.4 is 0 Å². The van der Waals surface area contributed by atoms with Crippen LogP contribution in [0, 0.1) is 0 Å². The summed E-state index contributed by atoms with van der Waals surface area (Å²) in [6.45, 7) is 5.11. The fraction of sp³-hybridized carbons (Fsp3) is 0.111. The first kappa shape index (κ1) is 7.66. The summed E-state index contributed by atoms with van der Waals surface area (Å²) in [7, 11) is 0. The van der Waals surface area contributed by atoms with E-state index in [0.29, 0.717) is 5.56 Å². The molecule has 0 aromatic carbocycles. The number of aromatic nitrogens is 1. The van der Waals surface area contributed by atoms with Crippen LogP contribution in [0.25, 0.3) is 6.08 Å². The van der Waals surface area contributed by atoms with E-state index >= 15 is 0 Å². The molecule has 11 heavy (non-hydrogen) atoms. The summed E-state index contributed by atoms with van der Waals surface area (Å²) < 4.78 is 0. The Kier molecular flexibility index (Phi) is 2.16. The third kappa shape index (κ3) is 1.52. The van der Waals surface area contributed by atoms with Crippen molar-refractivity contribution >= 4 is 11.9 Å². The molecule has 1 rings (SSSR count). The SMILES string of the molecule is C=Cc1ccncc1C(C)=O. The number of carbonyl (C=O) groups is 1. The number of hydrogen-bond donors (Lipinski definition) is 0. The highest BCUT2D eigenvalue weighted by molar-refractivity contribution is 5.97. The molecular formula is C9H9NO. The topological polar surface area (TPSA) is 30.0 Å². The zero-order valence-corrected chi connectivity index (χ0v) is 6.37. The molecule has 0 aliphatic rings. The van der Waals surface area contributed by atoms with Crippen molar-refractivity contribution in [1.29, 1.82) is 0 Å². The van der Waals surface area contributed by atoms with Crippen LogP contribution in [0.2, 0.25) is 0 Å². The van der Waals surface area contributed by atoms with Crippen molar-refractivity contribution in [2.75, 3.05) is 0 Å². The monoisotopic (exact) mass is 147 g/mol. The molecule has 0 spiro atoms. The van der Waals surface area contributed by atoms with E-state index in [-0.39, 0.29) is 5.78 Å². The molecule has 0 bridgehead atoms. The first-order chi connectivity index (χ1) is 5.25. The van der Waals surface area contributed by atoms with Crippen molar-refractivity contribution in [1.82, 2.24) is 4.98 Å². The minimum atomic E-state index is 0.0213. The molecule has 2 nitrogen and oxygen atoms in total. The minimum Gasteiger partial charge on any atom is -0.294 e. The van der Waals surface area contributed by atoms with E-state index < -0.39 is 0 Å². The molecule has 0 saturated heterocycles. The number of ketones is 1. The summed E-state index contributed by atoms with van der Waals surface area (Å²) in [5.41, 5.74) is 1.47. The normalized spacial score (nSPS) is 9.18. The maximum Gasteiger partial charge on any atom is 0.161 e. The van der Waals surface area contributed by atoms with Gasteiger partial charge in [0.15, 0.2) is 5.78 Å². The van der Waals surface area contributed by atoms with Crippen molar-refractivity contribution in [2.45, 2.75) is 6.92 Å². The summed E-state index contributed by atoms with van der Waals surface area (Å²) in [5.74, 6) is 0.0213. The molecule has 2 heteroatoms. The molecule has 0 N–H and O–H groups in total. The van der Waals surface area contributed by atoms with Gasteiger partial charge in [-0.05, 0) is 18.6 Å². The van der Waals surface area contributed by atoms with Gasteiger partial charge in [-0.15, -0.1) is 0 Å². The standard InChI is InChI=1S/C9H9NO/c1-3-8-4-5-10-6-9(8)7(2)11/h3-6H,1H2,2H3. The van der Waals surface area contributed by atoms with Crippen LogP contribution in [0.5, 0.6) is 0 Å². The van der Waals surface area contributed by atoms with Gasteiger partial charge < -0.3 is 0 Å². The molecular weight excluding hydrogens is 138 g/mol. The first-order valence-corrected chi connectivity index (χ1v) is 3.33. The largest absolute Gasteiger partial charge is 0.294 e. The van der Waals surface area contributed by atoms with Gasteiger partial charge in [0.2, 0.25) is 0 Å². The molecule has 0 atom stereocenters. The lowest BCUT2D eigenvalue weighted by molar-refractivity contribution is 0.101. The summed E-state index contributed by atoms with van der Waals surface area (Å²) >= 11 is 0. The average molecular weight is 147 g/mol. The van der Waals surface area contributed by atoms with Gasteiger partial charge in [-0.25, -0.2) is 0 Å². The highest BCUT2D eigenvalue weighted by Crippen LogP contribution is 2.08. The fourth-order valence-corrected chi connectivity index (χ4v) is 0.877. The fourth-order valence-electron chi connectivity index (χ4n) is 0.877. The lowest BCUT2D eigenvalue weighted by Crippen LogP contribution is -1.95. The third-order valence-electron chi connectivity index (χ3n) is 1.45.